The molecule has 90 valence electrons. The van der Waals surface area contributed by atoms with Gasteiger partial charge in [-0.2, -0.15) is 13.2 Å². The van der Waals surface area contributed by atoms with Gasteiger partial charge in [0.2, 0.25) is 0 Å². The van der Waals surface area contributed by atoms with Gasteiger partial charge in [0.15, 0.2) is 0 Å². The minimum Gasteiger partial charge on any atom is -0.388 e. The largest absolute Gasteiger partial charge is 0.391 e. The highest BCUT2D eigenvalue weighted by Gasteiger charge is 2.32. The van der Waals surface area contributed by atoms with E-state index >= 15 is 0 Å². The molecular formula is C12H10F3NO. The van der Waals surface area contributed by atoms with Gasteiger partial charge < -0.3 is 5.11 Å². The molecule has 1 unspecified atom stereocenters. The highest BCUT2D eigenvalue weighted by molar-refractivity contribution is 5.81. The summed E-state index contributed by atoms with van der Waals surface area (Å²) in [7, 11) is 0. The molecule has 2 rings (SSSR count). The van der Waals surface area contributed by atoms with Crippen molar-refractivity contribution in [2.24, 2.45) is 0 Å². The molecule has 0 bridgehead atoms. The predicted molar refractivity (Wildman–Crippen MR) is 57.4 cm³/mol. The summed E-state index contributed by atoms with van der Waals surface area (Å²) in [5, 5.41) is 10.3. The van der Waals surface area contributed by atoms with E-state index in [0.29, 0.717) is 10.9 Å². The summed E-state index contributed by atoms with van der Waals surface area (Å²) < 4.78 is 36.6. The monoisotopic (exact) mass is 241 g/mol. The lowest BCUT2D eigenvalue weighted by atomic mass is 10.0. The molecule has 0 radical (unpaired) electrons. The molecule has 5 heteroatoms. The van der Waals surface area contributed by atoms with Crippen LogP contribution in [-0.4, -0.2) is 16.3 Å². The van der Waals surface area contributed by atoms with Crippen LogP contribution in [0.15, 0.2) is 36.5 Å². The molecule has 1 N–H and O–H groups in total. The first kappa shape index (κ1) is 11.9. The van der Waals surface area contributed by atoms with Gasteiger partial charge in [-0.15, -0.1) is 0 Å². The molecule has 0 spiro atoms. The van der Waals surface area contributed by atoms with Crippen LogP contribution in [0, 0.1) is 0 Å². The van der Waals surface area contributed by atoms with Crippen molar-refractivity contribution in [2.75, 3.05) is 0 Å². The summed E-state index contributed by atoms with van der Waals surface area (Å²) in [6.45, 7) is 0. The van der Waals surface area contributed by atoms with Gasteiger partial charge in [0.05, 0.1) is 18.0 Å². The highest BCUT2D eigenvalue weighted by Crippen LogP contribution is 2.31. The van der Waals surface area contributed by atoms with Crippen molar-refractivity contribution in [1.29, 1.82) is 0 Å². The molecule has 17 heavy (non-hydrogen) atoms. The second-order valence-corrected chi connectivity index (χ2v) is 3.76. The lowest BCUT2D eigenvalue weighted by Gasteiger charge is -2.14. The van der Waals surface area contributed by atoms with Gasteiger partial charge in [0.1, 0.15) is 0 Å². The fourth-order valence-corrected chi connectivity index (χ4v) is 1.73. The van der Waals surface area contributed by atoms with Crippen LogP contribution in [0.25, 0.3) is 10.9 Å². The van der Waals surface area contributed by atoms with E-state index in [0.717, 1.165) is 0 Å². The second kappa shape index (κ2) is 4.33. The van der Waals surface area contributed by atoms with Crippen LogP contribution in [-0.2, 0) is 0 Å². The number of para-hydroxylation sites is 1. The summed E-state index contributed by atoms with van der Waals surface area (Å²) in [6, 6.07) is 8.26. The number of benzene rings is 1. The fraction of sp³-hybridized carbons (Fsp3) is 0.250. The maximum atomic E-state index is 12.2. The zero-order chi connectivity index (χ0) is 12.5. The third kappa shape index (κ3) is 2.74. The normalized spacial score (nSPS) is 13.9. The molecule has 2 nitrogen and oxygen atoms in total. The first-order chi connectivity index (χ1) is 7.97. The van der Waals surface area contributed by atoms with Crippen molar-refractivity contribution < 1.29 is 18.3 Å². The van der Waals surface area contributed by atoms with E-state index in [2.05, 4.69) is 4.98 Å². The van der Waals surface area contributed by atoms with Crippen LogP contribution in [0.1, 0.15) is 18.1 Å². The lowest BCUT2D eigenvalue weighted by molar-refractivity contribution is -0.154. The Hall–Kier alpha value is -1.62. The summed E-state index contributed by atoms with van der Waals surface area (Å²) >= 11 is 0. The molecule has 2 aromatic rings. The third-order valence-corrected chi connectivity index (χ3v) is 2.45. The Kier molecular flexibility index (Phi) is 3.02. The van der Waals surface area contributed by atoms with Crippen molar-refractivity contribution in [3.63, 3.8) is 0 Å². The Morgan fingerprint density at radius 3 is 2.59 bits per heavy atom. The van der Waals surface area contributed by atoms with E-state index in [1.807, 2.05) is 0 Å². The van der Waals surface area contributed by atoms with Gasteiger partial charge in [0.25, 0.3) is 0 Å². The number of aromatic nitrogens is 1. The molecule has 0 aliphatic rings. The first-order valence-electron chi connectivity index (χ1n) is 5.06. The van der Waals surface area contributed by atoms with E-state index in [-0.39, 0.29) is 5.56 Å². The number of pyridine rings is 1. The number of nitrogens with zero attached hydrogens (tertiary/aromatic N) is 1. The number of aliphatic hydroxyl groups excluding tert-OH is 1. The smallest absolute Gasteiger partial charge is 0.388 e. The molecule has 0 amide bonds. The van der Waals surface area contributed by atoms with Crippen LogP contribution in [0.3, 0.4) is 0 Å². The highest BCUT2D eigenvalue weighted by atomic mass is 19.4. The zero-order valence-corrected chi connectivity index (χ0v) is 8.78. The first-order valence-corrected chi connectivity index (χ1v) is 5.06. The van der Waals surface area contributed by atoms with Gasteiger partial charge in [-0.1, -0.05) is 24.3 Å². The molecule has 1 heterocycles. The van der Waals surface area contributed by atoms with E-state index in [4.69, 9.17) is 0 Å². The number of hydrogen-bond acceptors (Lipinski definition) is 2. The topological polar surface area (TPSA) is 33.1 Å². The maximum absolute atomic E-state index is 12.2. The van der Waals surface area contributed by atoms with Gasteiger partial charge in [-0.3, -0.25) is 4.98 Å². The van der Waals surface area contributed by atoms with Crippen molar-refractivity contribution in [2.45, 2.75) is 18.7 Å². The Morgan fingerprint density at radius 1 is 1.18 bits per heavy atom. The Bertz CT molecular complexity index is 519. The van der Waals surface area contributed by atoms with Gasteiger partial charge in [-0.25, -0.2) is 0 Å². The maximum Gasteiger partial charge on any atom is 0.391 e. The van der Waals surface area contributed by atoms with E-state index in [1.54, 1.807) is 24.3 Å². The van der Waals surface area contributed by atoms with Crippen LogP contribution < -0.4 is 0 Å². The zero-order valence-electron chi connectivity index (χ0n) is 8.78. The van der Waals surface area contributed by atoms with Crippen LogP contribution in [0.2, 0.25) is 0 Å². The molecular weight excluding hydrogens is 231 g/mol. The molecule has 0 aliphatic carbocycles. The SMILES string of the molecule is OC(CC(F)(F)F)c1cccc2cccnc12. The minimum absolute atomic E-state index is 0.209. The molecule has 1 aromatic carbocycles. The van der Waals surface area contributed by atoms with Gasteiger partial charge in [0, 0.05) is 17.1 Å². The van der Waals surface area contributed by atoms with Crippen LogP contribution >= 0.6 is 0 Å². The Morgan fingerprint density at radius 2 is 1.88 bits per heavy atom. The number of fused-ring (bicyclic) bond motifs is 1. The number of rotatable bonds is 2. The second-order valence-electron chi connectivity index (χ2n) is 3.76. The number of aliphatic hydroxyl groups is 1. The molecule has 0 fully saturated rings. The fourth-order valence-electron chi connectivity index (χ4n) is 1.73. The number of halogens is 3. The average Bonchev–Trinajstić information content (AvgIpc) is 2.26. The van der Waals surface area contributed by atoms with Gasteiger partial charge >= 0.3 is 6.18 Å². The minimum atomic E-state index is -4.39. The van der Waals surface area contributed by atoms with E-state index < -0.39 is 18.7 Å². The Balaban J connectivity index is 2.41. The van der Waals surface area contributed by atoms with E-state index in [1.165, 1.54) is 12.3 Å². The summed E-state index contributed by atoms with van der Waals surface area (Å²) in [6.07, 6.45) is -5.74. The van der Waals surface area contributed by atoms with Crippen molar-refractivity contribution in [1.82, 2.24) is 4.98 Å². The summed E-state index contributed by atoms with van der Waals surface area (Å²) in [5.74, 6) is 0. The average molecular weight is 241 g/mol. The predicted octanol–water partition coefficient (Wildman–Crippen LogP) is 3.22. The molecule has 1 aromatic heterocycles. The van der Waals surface area contributed by atoms with Crippen molar-refractivity contribution in [3.8, 4) is 0 Å². The van der Waals surface area contributed by atoms with Gasteiger partial charge in [-0.05, 0) is 6.07 Å². The standard InChI is InChI=1S/C12H10F3NO/c13-12(14,15)7-10(17)9-5-1-3-8-4-2-6-16-11(8)9/h1-6,10,17H,7H2. The molecule has 0 saturated carbocycles. The Labute approximate surface area is 95.7 Å². The number of hydrogen-bond donors (Lipinski definition) is 1. The lowest BCUT2D eigenvalue weighted by Crippen LogP contribution is -2.14. The molecule has 0 aliphatic heterocycles. The molecule has 0 saturated heterocycles. The van der Waals surface area contributed by atoms with Crippen LogP contribution in [0.5, 0.6) is 0 Å². The van der Waals surface area contributed by atoms with Crippen molar-refractivity contribution in [3.05, 3.63) is 42.1 Å². The van der Waals surface area contributed by atoms with E-state index in [9.17, 15) is 18.3 Å². The quantitative estimate of drug-likeness (QED) is 0.875. The molecule has 1 atom stereocenters. The number of alkyl halides is 3. The third-order valence-electron chi connectivity index (χ3n) is 2.45. The summed E-state index contributed by atoms with van der Waals surface area (Å²) in [4.78, 5) is 4.00. The van der Waals surface area contributed by atoms with Crippen LogP contribution in [0.4, 0.5) is 13.2 Å². The van der Waals surface area contributed by atoms with Crippen molar-refractivity contribution >= 4 is 10.9 Å². The summed E-state index contributed by atoms with van der Waals surface area (Å²) in [5.41, 5.74) is 0.618.